The fraction of sp³-hybridized carbons (Fsp3) is 0.579. The van der Waals surface area contributed by atoms with Crippen molar-refractivity contribution in [3.63, 3.8) is 0 Å². The zero-order chi connectivity index (χ0) is 21.1. The molecule has 1 atom stereocenters. The van der Waals surface area contributed by atoms with E-state index in [1.807, 2.05) is 0 Å². The Hall–Kier alpha value is -2.32. The van der Waals surface area contributed by atoms with Gasteiger partial charge >= 0.3 is 6.18 Å². The molecule has 1 aliphatic carbocycles. The molecule has 1 aliphatic heterocycles. The molecule has 2 aliphatic rings. The Labute approximate surface area is 161 Å². The molecule has 1 aromatic carbocycles. The van der Waals surface area contributed by atoms with Crippen LogP contribution in [0.2, 0.25) is 0 Å². The molecule has 3 N–H and O–H groups in total. The number of carbonyl (C=O) groups excluding carboxylic acids is 1. The first-order chi connectivity index (χ1) is 12.8. The van der Waals surface area contributed by atoms with Crippen LogP contribution in [-0.2, 0) is 10.3 Å². The van der Waals surface area contributed by atoms with Gasteiger partial charge in [0.15, 0.2) is 5.96 Å². The number of guanidine groups is 1. The summed E-state index contributed by atoms with van der Waals surface area (Å²) < 4.78 is 54.2. The first kappa shape index (κ1) is 20.4. The minimum atomic E-state index is -4.28. The molecule has 0 radical (unpaired) electrons. The van der Waals surface area contributed by atoms with Gasteiger partial charge in [-0.15, -0.1) is 0 Å². The van der Waals surface area contributed by atoms with E-state index in [0.29, 0.717) is 5.69 Å². The minimum absolute atomic E-state index is 0.0430. The number of halogens is 4. The van der Waals surface area contributed by atoms with Gasteiger partial charge in [0.25, 0.3) is 0 Å². The molecule has 9 heteroatoms. The molecule has 1 saturated carbocycles. The Morgan fingerprint density at radius 3 is 2.39 bits per heavy atom. The van der Waals surface area contributed by atoms with E-state index in [2.05, 4.69) is 10.3 Å². The van der Waals surface area contributed by atoms with Gasteiger partial charge in [-0.3, -0.25) is 9.69 Å². The van der Waals surface area contributed by atoms with E-state index in [-0.39, 0.29) is 36.8 Å². The molecule has 1 heterocycles. The number of hydrogen-bond donors (Lipinski definition) is 2. The maximum atomic E-state index is 14.7. The van der Waals surface area contributed by atoms with Crippen molar-refractivity contribution in [2.75, 3.05) is 18.9 Å². The van der Waals surface area contributed by atoms with Crippen LogP contribution in [0.4, 0.5) is 23.2 Å². The lowest BCUT2D eigenvalue weighted by Gasteiger charge is -2.46. The number of aliphatic imine (C=N–C) groups is 1. The molecule has 1 fully saturated rings. The Balaban J connectivity index is 1.97. The monoisotopic (exact) mass is 400 g/mol. The van der Waals surface area contributed by atoms with E-state index < -0.39 is 28.4 Å². The number of benzene rings is 1. The van der Waals surface area contributed by atoms with Crippen molar-refractivity contribution in [3.8, 4) is 0 Å². The smallest absolute Gasteiger partial charge is 0.384 e. The first-order valence-electron chi connectivity index (χ1n) is 8.99. The Kier molecular flexibility index (Phi) is 4.44. The highest BCUT2D eigenvalue weighted by Crippen LogP contribution is 2.57. The lowest BCUT2D eigenvalue weighted by molar-refractivity contribution is -0.182. The molecular weight excluding hydrogens is 376 g/mol. The summed E-state index contributed by atoms with van der Waals surface area (Å²) in [6.07, 6.45) is -4.14. The maximum absolute atomic E-state index is 14.7. The highest BCUT2D eigenvalue weighted by atomic mass is 19.4. The van der Waals surface area contributed by atoms with Crippen LogP contribution >= 0.6 is 0 Å². The number of hydrogen-bond acceptors (Lipinski definition) is 4. The molecule has 0 saturated heterocycles. The van der Waals surface area contributed by atoms with Gasteiger partial charge in [-0.2, -0.15) is 13.2 Å². The van der Waals surface area contributed by atoms with Crippen LogP contribution < -0.4 is 11.1 Å². The maximum Gasteiger partial charge on any atom is 0.396 e. The fourth-order valence-corrected chi connectivity index (χ4v) is 3.56. The molecule has 1 amide bonds. The van der Waals surface area contributed by atoms with Crippen LogP contribution in [0.5, 0.6) is 0 Å². The number of nitrogens with zero attached hydrogens (tertiary/aromatic N) is 2. The van der Waals surface area contributed by atoms with Crippen molar-refractivity contribution in [3.05, 3.63) is 29.6 Å². The van der Waals surface area contributed by atoms with Gasteiger partial charge in [-0.05, 0) is 51.8 Å². The molecule has 3 rings (SSSR count). The normalized spacial score (nSPS) is 26.1. The molecule has 5 nitrogen and oxygen atoms in total. The van der Waals surface area contributed by atoms with Gasteiger partial charge in [0.2, 0.25) is 5.91 Å². The van der Waals surface area contributed by atoms with Crippen LogP contribution in [0.15, 0.2) is 23.2 Å². The topological polar surface area (TPSA) is 70.7 Å². The number of rotatable bonds is 4. The molecule has 1 unspecified atom stereocenters. The number of carbonyl (C=O) groups is 1. The second-order valence-corrected chi connectivity index (χ2v) is 8.36. The number of nitrogens with two attached hydrogens (primary N) is 1. The van der Waals surface area contributed by atoms with E-state index in [1.165, 1.54) is 30.1 Å². The summed E-state index contributed by atoms with van der Waals surface area (Å²) in [6.45, 7) is 4.61. The van der Waals surface area contributed by atoms with E-state index in [4.69, 9.17) is 5.73 Å². The van der Waals surface area contributed by atoms with Crippen molar-refractivity contribution in [2.24, 2.45) is 21.6 Å². The molecule has 1 aromatic rings. The van der Waals surface area contributed by atoms with E-state index in [1.54, 1.807) is 20.8 Å². The molecule has 0 spiro atoms. The molecule has 28 heavy (non-hydrogen) atoms. The molecular formula is C19H24F4N4O. The Morgan fingerprint density at radius 2 is 1.86 bits per heavy atom. The van der Waals surface area contributed by atoms with Crippen LogP contribution in [-0.4, -0.2) is 36.5 Å². The van der Waals surface area contributed by atoms with Gasteiger partial charge in [0.05, 0.1) is 10.8 Å². The highest BCUT2D eigenvalue weighted by Gasteiger charge is 2.63. The van der Waals surface area contributed by atoms with Crippen molar-refractivity contribution < 1.29 is 22.4 Å². The summed E-state index contributed by atoms with van der Waals surface area (Å²) in [5.74, 6) is -0.972. The molecule has 0 aromatic heterocycles. The summed E-state index contributed by atoms with van der Waals surface area (Å²) >= 11 is 0. The summed E-state index contributed by atoms with van der Waals surface area (Å²) in [5.41, 5.74) is 2.13. The summed E-state index contributed by atoms with van der Waals surface area (Å²) in [6, 6.07) is 3.96. The SMILES string of the molecule is CN1C(=O)C(C)(C)C(C)(c2cc(NCC3(C(F)(F)F)CC3)ccc2F)N=C1N. The predicted octanol–water partition coefficient (Wildman–Crippen LogP) is 3.61. The fourth-order valence-electron chi connectivity index (χ4n) is 3.56. The van der Waals surface area contributed by atoms with E-state index in [9.17, 15) is 22.4 Å². The van der Waals surface area contributed by atoms with Crippen LogP contribution in [0.3, 0.4) is 0 Å². The zero-order valence-electron chi connectivity index (χ0n) is 16.2. The van der Waals surface area contributed by atoms with Crippen molar-refractivity contribution >= 4 is 17.6 Å². The standard InChI is InChI=1S/C19H24F4N4O/c1-16(2)14(28)27(4)15(24)26-17(16,3)12-9-11(5-6-13(12)20)25-10-18(7-8-18)19(21,22)23/h5-6,9,25H,7-8,10H2,1-4H3,(H2,24,26). The van der Waals surface area contributed by atoms with Gasteiger partial charge in [0, 0.05) is 24.8 Å². The van der Waals surface area contributed by atoms with Crippen LogP contribution in [0.1, 0.15) is 39.2 Å². The molecule has 0 bridgehead atoms. The number of amides is 1. The Bertz CT molecular complexity index is 845. The van der Waals surface area contributed by atoms with Crippen molar-refractivity contribution in [1.82, 2.24) is 4.90 Å². The number of nitrogens with one attached hydrogen (secondary N) is 1. The van der Waals surface area contributed by atoms with Crippen LogP contribution in [0, 0.1) is 16.6 Å². The third-order valence-corrected chi connectivity index (χ3v) is 6.31. The molecule has 154 valence electrons. The largest absolute Gasteiger partial charge is 0.396 e. The van der Waals surface area contributed by atoms with Crippen LogP contribution in [0.25, 0.3) is 0 Å². The first-order valence-corrected chi connectivity index (χ1v) is 8.99. The second kappa shape index (κ2) is 6.09. The van der Waals surface area contributed by atoms with Gasteiger partial charge in [-0.1, -0.05) is 0 Å². The Morgan fingerprint density at radius 1 is 1.25 bits per heavy atom. The number of anilines is 1. The van der Waals surface area contributed by atoms with Gasteiger partial charge < -0.3 is 11.1 Å². The summed E-state index contributed by atoms with van der Waals surface area (Å²) in [4.78, 5) is 18.3. The lowest BCUT2D eigenvalue weighted by Crippen LogP contribution is -2.58. The van der Waals surface area contributed by atoms with E-state index in [0.717, 1.165) is 0 Å². The van der Waals surface area contributed by atoms with Crippen molar-refractivity contribution in [2.45, 2.75) is 45.3 Å². The number of alkyl halides is 3. The summed E-state index contributed by atoms with van der Waals surface area (Å²) in [7, 11) is 1.49. The lowest BCUT2D eigenvalue weighted by atomic mass is 9.67. The minimum Gasteiger partial charge on any atom is -0.384 e. The average molecular weight is 400 g/mol. The van der Waals surface area contributed by atoms with E-state index >= 15 is 0 Å². The highest BCUT2D eigenvalue weighted by molar-refractivity contribution is 6.01. The van der Waals surface area contributed by atoms with Gasteiger partial charge in [0.1, 0.15) is 11.4 Å². The third kappa shape index (κ3) is 2.91. The third-order valence-electron chi connectivity index (χ3n) is 6.31. The summed E-state index contributed by atoms with van der Waals surface area (Å²) in [5, 5.41) is 2.77. The zero-order valence-corrected chi connectivity index (χ0v) is 16.2. The second-order valence-electron chi connectivity index (χ2n) is 8.36. The van der Waals surface area contributed by atoms with Gasteiger partial charge in [-0.25, -0.2) is 9.38 Å². The predicted molar refractivity (Wildman–Crippen MR) is 98.1 cm³/mol. The van der Waals surface area contributed by atoms with Crippen molar-refractivity contribution in [1.29, 1.82) is 0 Å². The quantitative estimate of drug-likeness (QED) is 0.759. The average Bonchev–Trinajstić information content (AvgIpc) is 3.39.